The van der Waals surface area contributed by atoms with E-state index in [0.29, 0.717) is 28.2 Å². The van der Waals surface area contributed by atoms with Crippen LogP contribution in [0.5, 0.6) is 0 Å². The highest BCUT2D eigenvalue weighted by Gasteiger charge is 2.18. The van der Waals surface area contributed by atoms with Gasteiger partial charge in [-0.2, -0.15) is 14.9 Å². The molecule has 9 heteroatoms. The monoisotopic (exact) mass is 386 g/mol. The number of rotatable bonds is 4. The van der Waals surface area contributed by atoms with Gasteiger partial charge in [-0.15, -0.1) is 0 Å². The number of anilines is 1. The van der Waals surface area contributed by atoms with Gasteiger partial charge in [0.05, 0.1) is 15.4 Å². The quantitative estimate of drug-likeness (QED) is 0.576. The highest BCUT2D eigenvalue weighted by molar-refractivity contribution is 7.20. The average Bonchev–Trinajstić information content (AvgIpc) is 3.32. The van der Waals surface area contributed by atoms with Crippen molar-refractivity contribution < 1.29 is 4.79 Å². The maximum atomic E-state index is 12.6. The largest absolute Gasteiger partial charge is 0.305 e. The van der Waals surface area contributed by atoms with Gasteiger partial charge in [0.2, 0.25) is 5.13 Å². The summed E-state index contributed by atoms with van der Waals surface area (Å²) in [6.45, 7) is 4.41. The number of thiazole rings is 1. The molecule has 7 nitrogen and oxygen atoms in total. The van der Waals surface area contributed by atoms with E-state index < -0.39 is 0 Å². The van der Waals surface area contributed by atoms with Crippen LogP contribution >= 0.6 is 22.9 Å². The smallest absolute Gasteiger partial charge is 0.275 e. The minimum atomic E-state index is -0.246. The standard InChI is InChI=1S/C17H15ClN6OS/c1-3-23-12(7-8-19-23)16(25)20-14-9-10(2)22-24(14)17-21-15-11(18)5-4-6-13(15)26-17/h4-9H,3H2,1-2H3,(H,20,25). The fourth-order valence-electron chi connectivity index (χ4n) is 2.69. The molecule has 0 aliphatic carbocycles. The second-order valence-corrected chi connectivity index (χ2v) is 7.07. The van der Waals surface area contributed by atoms with Crippen molar-refractivity contribution >= 4 is 44.9 Å². The zero-order valence-corrected chi connectivity index (χ0v) is 15.7. The van der Waals surface area contributed by atoms with E-state index in [-0.39, 0.29) is 5.91 Å². The summed E-state index contributed by atoms with van der Waals surface area (Å²) in [7, 11) is 0. The Hall–Kier alpha value is -2.71. The minimum absolute atomic E-state index is 0.246. The number of hydrogen-bond acceptors (Lipinski definition) is 5. The van der Waals surface area contributed by atoms with Gasteiger partial charge in [-0.05, 0) is 32.0 Å². The van der Waals surface area contributed by atoms with E-state index in [1.54, 1.807) is 33.8 Å². The summed E-state index contributed by atoms with van der Waals surface area (Å²) in [6.07, 6.45) is 1.61. The van der Waals surface area contributed by atoms with E-state index in [0.717, 1.165) is 15.9 Å². The zero-order valence-electron chi connectivity index (χ0n) is 14.1. The number of benzene rings is 1. The molecule has 0 aliphatic rings. The molecule has 0 atom stereocenters. The fourth-order valence-corrected chi connectivity index (χ4v) is 3.92. The molecule has 3 heterocycles. The number of fused-ring (bicyclic) bond motifs is 1. The molecular weight excluding hydrogens is 372 g/mol. The molecule has 0 radical (unpaired) electrons. The summed E-state index contributed by atoms with van der Waals surface area (Å²) in [4.78, 5) is 17.2. The average molecular weight is 387 g/mol. The molecule has 1 N–H and O–H groups in total. The van der Waals surface area contributed by atoms with Crippen LogP contribution < -0.4 is 5.32 Å². The van der Waals surface area contributed by atoms with Gasteiger partial charge in [0, 0.05) is 18.8 Å². The third kappa shape index (κ3) is 2.87. The molecular formula is C17H15ClN6OS. The number of aryl methyl sites for hydroxylation is 2. The van der Waals surface area contributed by atoms with Gasteiger partial charge < -0.3 is 5.32 Å². The SMILES string of the molecule is CCn1nccc1C(=O)Nc1cc(C)nn1-c1nc2c(Cl)cccc2s1. The Morgan fingerprint density at radius 2 is 2.19 bits per heavy atom. The third-order valence-corrected chi connectivity index (χ3v) is 5.16. The Balaban J connectivity index is 1.72. The van der Waals surface area contributed by atoms with Crippen LogP contribution in [0.1, 0.15) is 23.1 Å². The number of amides is 1. The van der Waals surface area contributed by atoms with Crippen LogP contribution in [0.2, 0.25) is 5.02 Å². The molecule has 3 aromatic heterocycles. The first kappa shape index (κ1) is 16.7. The van der Waals surface area contributed by atoms with Crippen LogP contribution in [0.3, 0.4) is 0 Å². The number of hydrogen-bond donors (Lipinski definition) is 1. The lowest BCUT2D eigenvalue weighted by atomic mass is 10.3. The number of carbonyl (C=O) groups is 1. The van der Waals surface area contributed by atoms with Crippen molar-refractivity contribution in [2.24, 2.45) is 0 Å². The van der Waals surface area contributed by atoms with Crippen LogP contribution in [0.15, 0.2) is 36.5 Å². The second kappa shape index (κ2) is 6.54. The molecule has 0 fully saturated rings. The molecule has 0 bridgehead atoms. The molecule has 0 saturated heterocycles. The normalized spacial score (nSPS) is 11.2. The van der Waals surface area contributed by atoms with Crippen molar-refractivity contribution in [1.29, 1.82) is 0 Å². The van der Waals surface area contributed by atoms with Gasteiger partial charge in [-0.1, -0.05) is 29.0 Å². The third-order valence-electron chi connectivity index (χ3n) is 3.86. The summed E-state index contributed by atoms with van der Waals surface area (Å²) in [5, 5.41) is 12.7. The first-order valence-electron chi connectivity index (χ1n) is 8.02. The van der Waals surface area contributed by atoms with Crippen LogP contribution in [-0.4, -0.2) is 30.5 Å². The van der Waals surface area contributed by atoms with Crippen LogP contribution in [0.25, 0.3) is 15.3 Å². The molecule has 26 heavy (non-hydrogen) atoms. The molecule has 0 unspecified atom stereocenters. The Kier molecular flexibility index (Phi) is 4.21. The highest BCUT2D eigenvalue weighted by Crippen LogP contribution is 2.31. The van der Waals surface area contributed by atoms with Gasteiger partial charge in [-0.3, -0.25) is 9.48 Å². The van der Waals surface area contributed by atoms with Crippen LogP contribution in [0.4, 0.5) is 5.82 Å². The highest BCUT2D eigenvalue weighted by atomic mass is 35.5. The molecule has 1 aromatic carbocycles. The van der Waals surface area contributed by atoms with E-state index in [1.807, 2.05) is 26.0 Å². The molecule has 0 aliphatic heterocycles. The summed E-state index contributed by atoms with van der Waals surface area (Å²) < 4.78 is 4.23. The maximum Gasteiger partial charge on any atom is 0.275 e. The van der Waals surface area contributed by atoms with Crippen LogP contribution in [0, 0.1) is 6.92 Å². The Morgan fingerprint density at radius 3 is 2.96 bits per heavy atom. The van der Waals surface area contributed by atoms with Crippen molar-refractivity contribution in [3.8, 4) is 5.13 Å². The van der Waals surface area contributed by atoms with Gasteiger partial charge in [0.1, 0.15) is 17.0 Å². The Morgan fingerprint density at radius 1 is 1.35 bits per heavy atom. The molecule has 4 rings (SSSR count). The van der Waals surface area contributed by atoms with Gasteiger partial charge in [0.15, 0.2) is 0 Å². The van der Waals surface area contributed by atoms with E-state index in [9.17, 15) is 4.79 Å². The summed E-state index contributed by atoms with van der Waals surface area (Å²) in [5.41, 5.74) is 1.99. The van der Waals surface area contributed by atoms with Crippen molar-refractivity contribution in [2.75, 3.05) is 5.32 Å². The van der Waals surface area contributed by atoms with Gasteiger partial charge in [0.25, 0.3) is 5.91 Å². The van der Waals surface area contributed by atoms with Crippen LogP contribution in [-0.2, 0) is 6.54 Å². The number of halogens is 1. The topological polar surface area (TPSA) is 77.6 Å². The molecule has 0 spiro atoms. The molecule has 132 valence electrons. The first-order chi connectivity index (χ1) is 12.6. The lowest BCUT2D eigenvalue weighted by Crippen LogP contribution is -2.19. The van der Waals surface area contributed by atoms with Crippen molar-refractivity contribution in [2.45, 2.75) is 20.4 Å². The summed E-state index contributed by atoms with van der Waals surface area (Å²) in [5.74, 6) is 0.302. The fraction of sp³-hybridized carbons (Fsp3) is 0.176. The van der Waals surface area contributed by atoms with E-state index >= 15 is 0 Å². The maximum absolute atomic E-state index is 12.6. The first-order valence-corrected chi connectivity index (χ1v) is 9.21. The Bertz CT molecular complexity index is 1110. The summed E-state index contributed by atoms with van der Waals surface area (Å²) in [6, 6.07) is 9.13. The van der Waals surface area contributed by atoms with E-state index in [1.165, 1.54) is 11.3 Å². The zero-order chi connectivity index (χ0) is 18.3. The minimum Gasteiger partial charge on any atom is -0.305 e. The predicted octanol–water partition coefficient (Wildman–Crippen LogP) is 3.91. The van der Waals surface area contributed by atoms with Crippen molar-refractivity contribution in [1.82, 2.24) is 24.5 Å². The Labute approximate surface area is 158 Å². The number of carbonyl (C=O) groups excluding carboxylic acids is 1. The lowest BCUT2D eigenvalue weighted by Gasteiger charge is -2.07. The molecule has 4 aromatic rings. The lowest BCUT2D eigenvalue weighted by molar-refractivity contribution is 0.101. The number of aromatic nitrogens is 5. The number of para-hydroxylation sites is 1. The second-order valence-electron chi connectivity index (χ2n) is 5.65. The van der Waals surface area contributed by atoms with Crippen molar-refractivity contribution in [3.63, 3.8) is 0 Å². The van der Waals surface area contributed by atoms with E-state index in [2.05, 4.69) is 20.5 Å². The van der Waals surface area contributed by atoms with Gasteiger partial charge >= 0.3 is 0 Å². The van der Waals surface area contributed by atoms with Crippen molar-refractivity contribution in [3.05, 3.63) is 52.9 Å². The van der Waals surface area contributed by atoms with Gasteiger partial charge in [-0.25, -0.2) is 4.98 Å². The van der Waals surface area contributed by atoms with E-state index in [4.69, 9.17) is 11.6 Å². The summed E-state index contributed by atoms with van der Waals surface area (Å²) >= 11 is 7.68. The predicted molar refractivity (Wildman–Crippen MR) is 102 cm³/mol. The molecule has 1 amide bonds. The number of nitrogens with zero attached hydrogens (tertiary/aromatic N) is 5. The number of nitrogens with one attached hydrogen (secondary N) is 1. The molecule has 0 saturated carbocycles.